The van der Waals surface area contributed by atoms with Crippen LogP contribution >= 0.6 is 0 Å². The average Bonchev–Trinajstić information content (AvgIpc) is 3.15. The number of ether oxygens (including phenoxy) is 2. The van der Waals surface area contributed by atoms with E-state index in [1.54, 1.807) is 13.3 Å². The molecule has 0 bridgehead atoms. The third-order valence-corrected chi connectivity index (χ3v) is 5.20. The number of pyridine rings is 1. The third kappa shape index (κ3) is 4.21. The van der Waals surface area contributed by atoms with Gasteiger partial charge in [-0.3, -0.25) is 4.68 Å². The van der Waals surface area contributed by atoms with Crippen molar-refractivity contribution >= 4 is 16.7 Å². The molecule has 1 N–H and O–H groups in total. The highest BCUT2D eigenvalue weighted by Gasteiger charge is 2.19. The van der Waals surface area contributed by atoms with Gasteiger partial charge in [-0.05, 0) is 57.5 Å². The number of nitrogens with zero attached hydrogens (tertiary/aromatic N) is 5. The fraction of sp³-hybridized carbons (Fsp3) is 0.333. The summed E-state index contributed by atoms with van der Waals surface area (Å²) >= 11 is 0. The molecule has 4 rings (SSSR count). The second-order valence-electron chi connectivity index (χ2n) is 7.76. The van der Waals surface area contributed by atoms with E-state index in [4.69, 9.17) is 19.6 Å². The van der Waals surface area contributed by atoms with Crippen LogP contribution in [0.1, 0.15) is 38.1 Å². The van der Waals surface area contributed by atoms with E-state index in [-0.39, 0.29) is 6.04 Å². The molecule has 3 heterocycles. The minimum Gasteiger partial charge on any atom is -0.497 e. The number of fused-ring (bicyclic) bond motifs is 1. The molecule has 0 atom stereocenters. The van der Waals surface area contributed by atoms with Crippen molar-refractivity contribution in [2.24, 2.45) is 0 Å². The largest absolute Gasteiger partial charge is 0.497 e. The zero-order valence-electron chi connectivity index (χ0n) is 19.1. The van der Waals surface area contributed by atoms with Crippen LogP contribution in [-0.4, -0.2) is 38.7 Å². The Hall–Kier alpha value is -3.68. The molecule has 0 aliphatic rings. The first-order valence-corrected chi connectivity index (χ1v) is 10.7. The molecule has 0 unspecified atom stereocenters. The number of aromatic nitrogens is 5. The molecule has 3 aromatic heterocycles. The van der Waals surface area contributed by atoms with Crippen LogP contribution in [0.5, 0.6) is 11.6 Å². The Labute approximate surface area is 187 Å². The van der Waals surface area contributed by atoms with E-state index in [0.29, 0.717) is 19.0 Å². The quantitative estimate of drug-likeness (QED) is 0.428. The summed E-state index contributed by atoms with van der Waals surface area (Å²) in [7, 11) is 1.67. The number of methoxy groups -OCH3 is 1. The monoisotopic (exact) mass is 432 g/mol. The van der Waals surface area contributed by atoms with E-state index in [1.807, 2.05) is 42.8 Å². The first kappa shape index (κ1) is 21.5. The summed E-state index contributed by atoms with van der Waals surface area (Å²) in [5.41, 5.74) is 6.37. The molecule has 1 aromatic carbocycles. The number of nitrogens with one attached hydrogen (secondary N) is 1. The summed E-state index contributed by atoms with van der Waals surface area (Å²) in [6.45, 7) is 9.30. The molecule has 0 radical (unpaired) electrons. The fourth-order valence-corrected chi connectivity index (χ4v) is 3.63. The van der Waals surface area contributed by atoms with Gasteiger partial charge in [-0.15, -0.1) is 5.10 Å². The Morgan fingerprint density at radius 2 is 1.91 bits per heavy atom. The SMILES string of the molecule is CCOc1nnccc1-c1cc(NCc2ccc(OC)cc2)c2c(n1)c(C)nn2C(C)C. The van der Waals surface area contributed by atoms with Crippen LogP contribution in [-0.2, 0) is 6.54 Å². The summed E-state index contributed by atoms with van der Waals surface area (Å²) in [6.07, 6.45) is 1.65. The number of hydrogen-bond acceptors (Lipinski definition) is 7. The molecule has 0 amide bonds. The number of rotatable bonds is 8. The van der Waals surface area contributed by atoms with E-state index in [2.05, 4.69) is 41.5 Å². The standard InChI is InChI=1S/C24H28N6O2/c1-6-32-24-19(11-12-26-28-24)20-13-21(25-14-17-7-9-18(31-5)10-8-17)23-22(27-20)16(4)29-30(23)15(2)3/h7-13,15H,6,14H2,1-5H3,(H,25,27). The highest BCUT2D eigenvalue weighted by molar-refractivity contribution is 5.93. The zero-order valence-corrected chi connectivity index (χ0v) is 19.1. The Morgan fingerprint density at radius 1 is 1.12 bits per heavy atom. The lowest BCUT2D eigenvalue weighted by atomic mass is 10.1. The van der Waals surface area contributed by atoms with Gasteiger partial charge < -0.3 is 14.8 Å². The van der Waals surface area contributed by atoms with Crippen molar-refractivity contribution in [1.29, 1.82) is 0 Å². The molecule has 0 saturated carbocycles. The van der Waals surface area contributed by atoms with Crippen LogP contribution in [0.25, 0.3) is 22.3 Å². The zero-order chi connectivity index (χ0) is 22.7. The van der Waals surface area contributed by atoms with Crippen LogP contribution in [0, 0.1) is 6.92 Å². The van der Waals surface area contributed by atoms with Gasteiger partial charge in [-0.25, -0.2) is 4.98 Å². The van der Waals surface area contributed by atoms with Crippen LogP contribution in [0.2, 0.25) is 0 Å². The lowest BCUT2D eigenvalue weighted by Crippen LogP contribution is -2.07. The molecule has 0 aliphatic carbocycles. The normalized spacial score (nSPS) is 11.2. The minimum absolute atomic E-state index is 0.196. The highest BCUT2D eigenvalue weighted by Crippen LogP contribution is 2.34. The Balaban J connectivity index is 1.81. The molecular weight excluding hydrogens is 404 g/mol. The topological polar surface area (TPSA) is 87.0 Å². The fourth-order valence-electron chi connectivity index (χ4n) is 3.63. The Kier molecular flexibility index (Phi) is 6.20. The smallest absolute Gasteiger partial charge is 0.242 e. The van der Waals surface area contributed by atoms with Gasteiger partial charge in [-0.1, -0.05) is 12.1 Å². The summed E-state index contributed by atoms with van der Waals surface area (Å²) < 4.78 is 13.0. The summed E-state index contributed by atoms with van der Waals surface area (Å²) in [4.78, 5) is 4.94. The van der Waals surface area contributed by atoms with E-state index >= 15 is 0 Å². The second-order valence-corrected chi connectivity index (χ2v) is 7.76. The molecule has 0 fully saturated rings. The number of aryl methyl sites for hydroxylation is 1. The van der Waals surface area contributed by atoms with E-state index < -0.39 is 0 Å². The first-order chi connectivity index (χ1) is 15.5. The van der Waals surface area contributed by atoms with Crippen LogP contribution in [0.4, 0.5) is 5.69 Å². The van der Waals surface area contributed by atoms with Gasteiger partial charge in [0.15, 0.2) is 0 Å². The maximum Gasteiger partial charge on any atom is 0.242 e. The van der Waals surface area contributed by atoms with Crippen molar-refractivity contribution in [2.45, 2.75) is 40.3 Å². The molecule has 8 nitrogen and oxygen atoms in total. The van der Waals surface area contributed by atoms with Crippen molar-refractivity contribution in [3.05, 3.63) is 53.9 Å². The van der Waals surface area contributed by atoms with Gasteiger partial charge in [-0.2, -0.15) is 10.2 Å². The Morgan fingerprint density at radius 3 is 2.59 bits per heavy atom. The van der Waals surface area contributed by atoms with E-state index in [0.717, 1.165) is 45.0 Å². The molecule has 32 heavy (non-hydrogen) atoms. The van der Waals surface area contributed by atoms with Crippen molar-refractivity contribution < 1.29 is 9.47 Å². The summed E-state index contributed by atoms with van der Waals surface area (Å²) in [5, 5.41) is 16.5. The van der Waals surface area contributed by atoms with Crippen LogP contribution < -0.4 is 14.8 Å². The molecule has 8 heteroatoms. The first-order valence-electron chi connectivity index (χ1n) is 10.7. The number of anilines is 1. The number of hydrogen-bond donors (Lipinski definition) is 1. The van der Waals surface area contributed by atoms with Gasteiger partial charge in [0, 0.05) is 12.6 Å². The maximum atomic E-state index is 5.70. The van der Waals surface area contributed by atoms with Crippen molar-refractivity contribution in [3.63, 3.8) is 0 Å². The second kappa shape index (κ2) is 9.21. The third-order valence-electron chi connectivity index (χ3n) is 5.20. The van der Waals surface area contributed by atoms with Gasteiger partial charge in [0.2, 0.25) is 5.88 Å². The lowest BCUT2D eigenvalue weighted by molar-refractivity contribution is 0.324. The number of benzene rings is 1. The lowest BCUT2D eigenvalue weighted by Gasteiger charge is -2.15. The molecular formula is C24H28N6O2. The van der Waals surface area contributed by atoms with Crippen molar-refractivity contribution in [2.75, 3.05) is 19.0 Å². The van der Waals surface area contributed by atoms with Gasteiger partial charge >= 0.3 is 0 Å². The van der Waals surface area contributed by atoms with Crippen molar-refractivity contribution in [1.82, 2.24) is 25.0 Å². The molecule has 4 aromatic rings. The van der Waals surface area contributed by atoms with Gasteiger partial charge in [0.05, 0.1) is 42.6 Å². The van der Waals surface area contributed by atoms with Gasteiger partial charge in [0.1, 0.15) is 16.8 Å². The highest BCUT2D eigenvalue weighted by atomic mass is 16.5. The summed E-state index contributed by atoms with van der Waals surface area (Å²) in [6, 6.07) is 12.1. The van der Waals surface area contributed by atoms with Gasteiger partial charge in [0.25, 0.3) is 0 Å². The maximum absolute atomic E-state index is 5.70. The average molecular weight is 433 g/mol. The van der Waals surface area contributed by atoms with Crippen LogP contribution in [0.3, 0.4) is 0 Å². The minimum atomic E-state index is 0.196. The summed E-state index contributed by atoms with van der Waals surface area (Å²) in [5.74, 6) is 1.31. The van der Waals surface area contributed by atoms with E-state index in [9.17, 15) is 0 Å². The Bertz CT molecular complexity index is 1220. The van der Waals surface area contributed by atoms with Crippen LogP contribution in [0.15, 0.2) is 42.6 Å². The predicted molar refractivity (Wildman–Crippen MR) is 125 cm³/mol. The predicted octanol–water partition coefficient (Wildman–Crippen LogP) is 4.80. The molecule has 0 spiro atoms. The van der Waals surface area contributed by atoms with E-state index in [1.165, 1.54) is 0 Å². The molecule has 0 aliphatic heterocycles. The van der Waals surface area contributed by atoms with Crippen molar-refractivity contribution in [3.8, 4) is 22.9 Å². The molecule has 0 saturated heterocycles. The molecule has 166 valence electrons.